The van der Waals surface area contributed by atoms with Crippen LogP contribution in [0.2, 0.25) is 0 Å². The zero-order valence-corrected chi connectivity index (χ0v) is 17.2. The molecule has 0 bridgehead atoms. The molecule has 9 heteroatoms. The van der Waals surface area contributed by atoms with Crippen LogP contribution in [0.15, 0.2) is 28.7 Å². The maximum atomic E-state index is 13.9. The summed E-state index contributed by atoms with van der Waals surface area (Å²) in [6, 6.07) is 3.64. The number of hydrogen-bond acceptors (Lipinski definition) is 6. The van der Waals surface area contributed by atoms with Crippen LogP contribution in [0, 0.1) is 25.5 Å². The molecule has 0 saturated carbocycles. The molecule has 1 aromatic carbocycles. The molecule has 5 nitrogen and oxygen atoms in total. The van der Waals surface area contributed by atoms with Crippen LogP contribution >= 0.6 is 23.1 Å². The lowest BCUT2D eigenvalue weighted by Gasteiger charge is -2.09. The van der Waals surface area contributed by atoms with Crippen molar-refractivity contribution in [2.24, 2.45) is 0 Å². The van der Waals surface area contributed by atoms with Gasteiger partial charge in [-0.15, -0.1) is 11.3 Å². The second-order valence-electron chi connectivity index (χ2n) is 6.04. The molecular formula is C19H18F2N4OS2. The van der Waals surface area contributed by atoms with Crippen molar-refractivity contribution < 1.29 is 13.6 Å². The van der Waals surface area contributed by atoms with Gasteiger partial charge in [-0.05, 0) is 44.2 Å². The van der Waals surface area contributed by atoms with Gasteiger partial charge in [0, 0.05) is 23.2 Å². The first-order valence-corrected chi connectivity index (χ1v) is 10.6. The summed E-state index contributed by atoms with van der Waals surface area (Å²) in [7, 11) is 0. The first kappa shape index (κ1) is 20.3. The summed E-state index contributed by atoms with van der Waals surface area (Å²) in [6.07, 6.45) is 2.64. The molecule has 0 aliphatic rings. The largest absolute Gasteiger partial charge is 0.302 e. The van der Waals surface area contributed by atoms with Crippen LogP contribution < -0.4 is 5.32 Å². The number of amides is 1. The molecule has 28 heavy (non-hydrogen) atoms. The Morgan fingerprint density at radius 2 is 1.79 bits per heavy atom. The van der Waals surface area contributed by atoms with E-state index < -0.39 is 11.6 Å². The Bertz CT molecular complexity index is 980. The third-order valence-electron chi connectivity index (χ3n) is 4.15. The number of nitrogens with zero attached hydrogens (tertiary/aromatic N) is 3. The van der Waals surface area contributed by atoms with Crippen LogP contribution in [-0.2, 0) is 11.2 Å². The molecule has 0 atom stereocenters. The summed E-state index contributed by atoms with van der Waals surface area (Å²) in [4.78, 5) is 25.2. The maximum absolute atomic E-state index is 13.9. The molecule has 0 unspecified atom stereocenters. The first-order chi connectivity index (χ1) is 13.4. The topological polar surface area (TPSA) is 67.8 Å². The standard InChI is InChI=1S/C19H18F2N4OS2/c1-10-12(11(2)23-18(22-10)27-3)7-8-16(26)25-19-24-15(9-28-19)17-13(20)5-4-6-14(17)21/h4-6,9H,7-8H2,1-3H3,(H,24,25,26). The summed E-state index contributed by atoms with van der Waals surface area (Å²) < 4.78 is 27.7. The third kappa shape index (κ3) is 4.53. The van der Waals surface area contributed by atoms with Gasteiger partial charge in [0.25, 0.3) is 0 Å². The second kappa shape index (κ2) is 8.74. The molecule has 0 saturated heterocycles. The molecular weight excluding hydrogens is 402 g/mol. The average molecular weight is 421 g/mol. The minimum Gasteiger partial charge on any atom is -0.302 e. The lowest BCUT2D eigenvalue weighted by Crippen LogP contribution is -2.13. The molecule has 0 spiro atoms. The fourth-order valence-corrected chi connectivity index (χ4v) is 3.94. The van der Waals surface area contributed by atoms with E-state index in [2.05, 4.69) is 20.3 Å². The minimum atomic E-state index is -0.692. The second-order valence-corrected chi connectivity index (χ2v) is 7.67. The van der Waals surface area contributed by atoms with Crippen LogP contribution in [0.25, 0.3) is 11.3 Å². The Hall–Kier alpha value is -2.39. The fourth-order valence-electron chi connectivity index (χ4n) is 2.77. The van der Waals surface area contributed by atoms with Crippen molar-refractivity contribution in [3.63, 3.8) is 0 Å². The minimum absolute atomic E-state index is 0.156. The van der Waals surface area contributed by atoms with Crippen molar-refractivity contribution in [3.8, 4) is 11.3 Å². The van der Waals surface area contributed by atoms with Gasteiger partial charge in [0.15, 0.2) is 10.3 Å². The van der Waals surface area contributed by atoms with E-state index in [0.29, 0.717) is 16.7 Å². The zero-order chi connectivity index (χ0) is 20.3. The van der Waals surface area contributed by atoms with Crippen molar-refractivity contribution in [1.82, 2.24) is 15.0 Å². The highest BCUT2D eigenvalue weighted by atomic mass is 32.2. The number of halogens is 2. The maximum Gasteiger partial charge on any atom is 0.226 e. The Morgan fingerprint density at radius 1 is 1.14 bits per heavy atom. The molecule has 0 aliphatic heterocycles. The highest BCUT2D eigenvalue weighted by molar-refractivity contribution is 7.98. The summed E-state index contributed by atoms with van der Waals surface area (Å²) >= 11 is 2.59. The van der Waals surface area contributed by atoms with Crippen LogP contribution in [0.1, 0.15) is 23.4 Å². The lowest BCUT2D eigenvalue weighted by molar-refractivity contribution is -0.116. The molecule has 1 N–H and O–H groups in total. The van der Waals surface area contributed by atoms with E-state index in [1.165, 1.54) is 35.3 Å². The molecule has 0 fully saturated rings. The zero-order valence-electron chi connectivity index (χ0n) is 15.5. The molecule has 2 heterocycles. The third-order valence-corrected chi connectivity index (χ3v) is 5.46. The number of rotatable bonds is 6. The van der Waals surface area contributed by atoms with Gasteiger partial charge < -0.3 is 5.32 Å². The van der Waals surface area contributed by atoms with Crippen molar-refractivity contribution in [3.05, 3.63) is 52.2 Å². The number of hydrogen-bond donors (Lipinski definition) is 1. The summed E-state index contributed by atoms with van der Waals surface area (Å²) in [5, 5.41) is 5.20. The van der Waals surface area contributed by atoms with E-state index in [1.54, 1.807) is 0 Å². The lowest BCUT2D eigenvalue weighted by atomic mass is 10.1. The Labute approximate surface area is 169 Å². The van der Waals surface area contributed by atoms with Crippen LogP contribution in [0.5, 0.6) is 0 Å². The summed E-state index contributed by atoms with van der Waals surface area (Å²) in [6.45, 7) is 3.80. The Kier molecular flexibility index (Phi) is 6.35. The highest BCUT2D eigenvalue weighted by Crippen LogP contribution is 2.29. The SMILES string of the molecule is CSc1nc(C)c(CCC(=O)Nc2nc(-c3c(F)cccc3F)cs2)c(C)n1. The number of thioether (sulfide) groups is 1. The van der Waals surface area contributed by atoms with Gasteiger partial charge >= 0.3 is 0 Å². The summed E-state index contributed by atoms with van der Waals surface area (Å²) in [5.74, 6) is -1.62. The molecule has 3 aromatic rings. The van der Waals surface area contributed by atoms with Gasteiger partial charge in [-0.3, -0.25) is 4.79 Å². The van der Waals surface area contributed by atoms with Crippen molar-refractivity contribution in [2.75, 3.05) is 11.6 Å². The number of nitrogens with one attached hydrogen (secondary N) is 1. The van der Waals surface area contributed by atoms with E-state index in [4.69, 9.17) is 0 Å². The van der Waals surface area contributed by atoms with Crippen molar-refractivity contribution in [2.45, 2.75) is 31.8 Å². The molecule has 146 valence electrons. The molecule has 0 radical (unpaired) electrons. The normalized spacial score (nSPS) is 10.9. The van der Waals surface area contributed by atoms with Gasteiger partial charge in [-0.1, -0.05) is 17.8 Å². The van der Waals surface area contributed by atoms with Crippen molar-refractivity contribution in [1.29, 1.82) is 0 Å². The number of carbonyl (C=O) groups is 1. The quantitative estimate of drug-likeness (QED) is 0.459. The molecule has 1 amide bonds. The molecule has 0 aliphatic carbocycles. The number of carbonyl (C=O) groups excluding carboxylic acids is 1. The highest BCUT2D eigenvalue weighted by Gasteiger charge is 2.16. The Morgan fingerprint density at radius 3 is 2.39 bits per heavy atom. The van der Waals surface area contributed by atoms with Gasteiger partial charge in [0.2, 0.25) is 5.91 Å². The van der Waals surface area contributed by atoms with Gasteiger partial charge in [-0.25, -0.2) is 23.7 Å². The van der Waals surface area contributed by atoms with E-state index in [1.807, 2.05) is 20.1 Å². The Balaban J connectivity index is 1.66. The van der Waals surface area contributed by atoms with E-state index in [-0.39, 0.29) is 23.6 Å². The number of benzene rings is 1. The monoisotopic (exact) mass is 420 g/mol. The first-order valence-electron chi connectivity index (χ1n) is 8.47. The predicted molar refractivity (Wildman–Crippen MR) is 108 cm³/mol. The number of anilines is 1. The average Bonchev–Trinajstić information content (AvgIpc) is 3.08. The molecule has 2 aromatic heterocycles. The van der Waals surface area contributed by atoms with Gasteiger partial charge in [-0.2, -0.15) is 0 Å². The summed E-state index contributed by atoms with van der Waals surface area (Å²) in [5.41, 5.74) is 2.62. The van der Waals surface area contributed by atoms with Crippen molar-refractivity contribution >= 4 is 34.1 Å². The van der Waals surface area contributed by atoms with E-state index in [9.17, 15) is 13.6 Å². The van der Waals surface area contributed by atoms with E-state index >= 15 is 0 Å². The smallest absolute Gasteiger partial charge is 0.226 e. The van der Waals surface area contributed by atoms with Crippen LogP contribution in [-0.4, -0.2) is 27.1 Å². The van der Waals surface area contributed by atoms with Crippen LogP contribution in [0.4, 0.5) is 13.9 Å². The van der Waals surface area contributed by atoms with Gasteiger partial charge in [0.05, 0.1) is 11.3 Å². The van der Waals surface area contributed by atoms with Crippen LogP contribution in [0.3, 0.4) is 0 Å². The fraction of sp³-hybridized carbons (Fsp3) is 0.263. The number of thiazole rings is 1. The number of aromatic nitrogens is 3. The van der Waals surface area contributed by atoms with Gasteiger partial charge in [0.1, 0.15) is 11.6 Å². The number of aryl methyl sites for hydroxylation is 2. The molecule has 3 rings (SSSR count). The predicted octanol–water partition coefficient (Wildman–Crippen LogP) is 4.79. The van der Waals surface area contributed by atoms with E-state index in [0.717, 1.165) is 28.3 Å².